The molecule has 0 amide bonds. The number of carboxylic acid groups (broad SMARTS) is 1. The van der Waals surface area contributed by atoms with Crippen molar-refractivity contribution in [2.45, 2.75) is 19.1 Å². The zero-order valence-corrected chi connectivity index (χ0v) is 7.21. The number of hydrogen-bond acceptors (Lipinski definition) is 3. The summed E-state index contributed by atoms with van der Waals surface area (Å²) in [5, 5.41) is 27.3. The van der Waals surface area contributed by atoms with Gasteiger partial charge in [-0.05, 0) is 12.5 Å². The molecule has 0 fully saturated rings. The molecule has 0 aromatic carbocycles. The lowest BCUT2D eigenvalue weighted by Crippen LogP contribution is -2.32. The molecular weight excluding hydrogens is 172 g/mol. The molecule has 3 atom stereocenters. The van der Waals surface area contributed by atoms with Gasteiger partial charge in [-0.1, -0.05) is 18.2 Å². The Hall–Kier alpha value is -1.13. The fraction of sp³-hybridized carbons (Fsp3) is 0.444. The van der Waals surface area contributed by atoms with Gasteiger partial charge in [-0.3, -0.25) is 4.79 Å². The number of aliphatic carboxylic acids is 1. The van der Waals surface area contributed by atoms with Gasteiger partial charge < -0.3 is 15.3 Å². The van der Waals surface area contributed by atoms with Crippen molar-refractivity contribution in [1.29, 1.82) is 0 Å². The summed E-state index contributed by atoms with van der Waals surface area (Å²) in [4.78, 5) is 10.6. The van der Waals surface area contributed by atoms with Crippen LogP contribution >= 0.6 is 0 Å². The summed E-state index contributed by atoms with van der Waals surface area (Å²) in [6.07, 6.45) is 2.39. The van der Waals surface area contributed by atoms with Crippen molar-refractivity contribution >= 4 is 5.97 Å². The van der Waals surface area contributed by atoms with Gasteiger partial charge in [0.1, 0.15) is 12.2 Å². The highest BCUT2D eigenvalue weighted by molar-refractivity contribution is 5.73. The minimum atomic E-state index is -1.10. The van der Waals surface area contributed by atoms with Gasteiger partial charge >= 0.3 is 5.97 Å². The normalized spacial score (nSPS) is 29.6. The van der Waals surface area contributed by atoms with Crippen molar-refractivity contribution in [3.8, 4) is 0 Å². The second kappa shape index (κ2) is 3.72. The molecule has 0 spiro atoms. The van der Waals surface area contributed by atoms with Crippen LogP contribution in [-0.4, -0.2) is 33.5 Å². The molecule has 3 unspecified atom stereocenters. The first kappa shape index (κ1) is 9.95. The smallest absolute Gasteiger partial charge is 0.310 e. The Morgan fingerprint density at radius 1 is 1.54 bits per heavy atom. The molecule has 3 N–H and O–H groups in total. The molecule has 0 aromatic rings. The van der Waals surface area contributed by atoms with Gasteiger partial charge in [-0.15, -0.1) is 0 Å². The second-order valence-corrected chi connectivity index (χ2v) is 3.05. The van der Waals surface area contributed by atoms with E-state index in [1.807, 2.05) is 0 Å². The Morgan fingerprint density at radius 3 is 2.69 bits per heavy atom. The third-order valence-corrected chi connectivity index (χ3v) is 2.13. The van der Waals surface area contributed by atoms with Crippen LogP contribution in [0.1, 0.15) is 6.92 Å². The third kappa shape index (κ3) is 1.96. The Kier molecular flexibility index (Phi) is 2.85. The quantitative estimate of drug-likeness (QED) is 0.561. The molecule has 1 aliphatic rings. The second-order valence-electron chi connectivity index (χ2n) is 3.05. The lowest BCUT2D eigenvalue weighted by atomic mass is 9.89. The van der Waals surface area contributed by atoms with Crippen LogP contribution in [0, 0.1) is 5.92 Å². The highest BCUT2D eigenvalue weighted by Gasteiger charge is 2.28. The Balaban J connectivity index is 2.85. The Morgan fingerprint density at radius 2 is 2.15 bits per heavy atom. The van der Waals surface area contributed by atoms with Crippen LogP contribution in [0.4, 0.5) is 0 Å². The molecule has 0 bridgehead atoms. The summed E-state index contributed by atoms with van der Waals surface area (Å²) in [5.41, 5.74) is 0.336. The van der Waals surface area contributed by atoms with Gasteiger partial charge in [0.25, 0.3) is 0 Å². The fourth-order valence-corrected chi connectivity index (χ4v) is 1.22. The van der Waals surface area contributed by atoms with Crippen LogP contribution in [0.15, 0.2) is 23.8 Å². The molecule has 0 aliphatic heterocycles. The molecule has 1 rings (SSSR count). The highest BCUT2D eigenvalue weighted by atomic mass is 16.4. The summed E-state index contributed by atoms with van der Waals surface area (Å²) in [6, 6.07) is 0. The van der Waals surface area contributed by atoms with Gasteiger partial charge in [0.2, 0.25) is 0 Å². The maximum Gasteiger partial charge on any atom is 0.310 e. The molecule has 72 valence electrons. The van der Waals surface area contributed by atoms with Gasteiger partial charge in [-0.2, -0.15) is 0 Å². The largest absolute Gasteiger partial charge is 0.481 e. The zero-order chi connectivity index (χ0) is 10.0. The number of carbonyl (C=O) groups is 1. The van der Waals surface area contributed by atoms with Crippen molar-refractivity contribution < 1.29 is 20.1 Å². The third-order valence-electron chi connectivity index (χ3n) is 2.13. The molecule has 0 aromatic heterocycles. The first-order valence-corrected chi connectivity index (χ1v) is 4.01. The van der Waals surface area contributed by atoms with E-state index < -0.39 is 24.1 Å². The van der Waals surface area contributed by atoms with E-state index in [9.17, 15) is 15.0 Å². The molecule has 4 nitrogen and oxygen atoms in total. The monoisotopic (exact) mass is 184 g/mol. The van der Waals surface area contributed by atoms with E-state index in [1.165, 1.54) is 19.1 Å². The van der Waals surface area contributed by atoms with Crippen LogP contribution in [-0.2, 0) is 4.79 Å². The first-order valence-electron chi connectivity index (χ1n) is 4.01. The van der Waals surface area contributed by atoms with Gasteiger partial charge in [0, 0.05) is 0 Å². The predicted molar refractivity (Wildman–Crippen MR) is 46.0 cm³/mol. The molecule has 0 saturated carbocycles. The minimum Gasteiger partial charge on any atom is -0.481 e. The highest BCUT2D eigenvalue weighted by Crippen LogP contribution is 2.21. The Labute approximate surface area is 75.8 Å². The van der Waals surface area contributed by atoms with Crippen LogP contribution in [0.3, 0.4) is 0 Å². The van der Waals surface area contributed by atoms with Gasteiger partial charge in [-0.25, -0.2) is 0 Å². The summed E-state index contributed by atoms with van der Waals surface area (Å²) >= 11 is 0. The lowest BCUT2D eigenvalue weighted by molar-refractivity contribution is -0.140. The van der Waals surface area contributed by atoms with Crippen LogP contribution in [0.5, 0.6) is 0 Å². The molecule has 1 aliphatic carbocycles. The van der Waals surface area contributed by atoms with Gasteiger partial charge in [0.15, 0.2) is 0 Å². The summed E-state index contributed by atoms with van der Waals surface area (Å²) in [7, 11) is 0. The Bertz CT molecular complexity index is 267. The molecule has 0 saturated heterocycles. The maximum absolute atomic E-state index is 10.6. The van der Waals surface area contributed by atoms with Crippen molar-refractivity contribution in [3.05, 3.63) is 23.8 Å². The lowest BCUT2D eigenvalue weighted by Gasteiger charge is -2.23. The van der Waals surface area contributed by atoms with E-state index in [2.05, 4.69) is 0 Å². The number of hydrogen-bond donors (Lipinski definition) is 3. The SMILES string of the molecule is CC(C(=O)O)C1=CC=CC(O)C1O. The minimum absolute atomic E-state index is 0.336. The summed E-state index contributed by atoms with van der Waals surface area (Å²) < 4.78 is 0. The number of aliphatic hydroxyl groups is 2. The number of carboxylic acids is 1. The average Bonchev–Trinajstić information content (AvgIpc) is 2.08. The van der Waals surface area contributed by atoms with Crippen LogP contribution in [0.2, 0.25) is 0 Å². The molecule has 0 heterocycles. The summed E-state index contributed by atoms with van der Waals surface area (Å²) in [6.45, 7) is 1.48. The van der Waals surface area contributed by atoms with Crippen LogP contribution < -0.4 is 0 Å². The first-order chi connectivity index (χ1) is 6.04. The topological polar surface area (TPSA) is 77.8 Å². The van der Waals surface area contributed by atoms with E-state index in [1.54, 1.807) is 6.08 Å². The maximum atomic E-state index is 10.6. The van der Waals surface area contributed by atoms with Crippen molar-refractivity contribution in [1.82, 2.24) is 0 Å². The zero-order valence-electron chi connectivity index (χ0n) is 7.21. The van der Waals surface area contributed by atoms with E-state index >= 15 is 0 Å². The number of allylic oxidation sites excluding steroid dienone is 2. The molecule has 4 heteroatoms. The standard InChI is InChI=1S/C9H12O4/c1-5(9(12)13)6-3-2-4-7(10)8(6)11/h2-5,7-8,10-11H,1H3,(H,12,13). The molecular formula is C9H12O4. The number of rotatable bonds is 2. The average molecular weight is 184 g/mol. The van der Waals surface area contributed by atoms with E-state index in [-0.39, 0.29) is 0 Å². The molecule has 0 radical (unpaired) electrons. The van der Waals surface area contributed by atoms with E-state index in [0.29, 0.717) is 5.57 Å². The summed E-state index contributed by atoms with van der Waals surface area (Å²) in [5.74, 6) is -1.78. The van der Waals surface area contributed by atoms with Crippen molar-refractivity contribution in [2.24, 2.45) is 5.92 Å². The van der Waals surface area contributed by atoms with Crippen LogP contribution in [0.25, 0.3) is 0 Å². The van der Waals surface area contributed by atoms with E-state index in [4.69, 9.17) is 5.11 Å². The molecule has 13 heavy (non-hydrogen) atoms. The predicted octanol–water partition coefficient (Wildman–Crippen LogP) is -0.0749. The fourth-order valence-electron chi connectivity index (χ4n) is 1.22. The van der Waals surface area contributed by atoms with Gasteiger partial charge in [0.05, 0.1) is 5.92 Å². The van der Waals surface area contributed by atoms with E-state index in [0.717, 1.165) is 0 Å². The van der Waals surface area contributed by atoms with Crippen molar-refractivity contribution in [3.63, 3.8) is 0 Å². The van der Waals surface area contributed by atoms with Crippen molar-refractivity contribution in [2.75, 3.05) is 0 Å². The number of aliphatic hydroxyl groups excluding tert-OH is 2.